The quantitative estimate of drug-likeness (QED) is 0.800. The lowest BCUT2D eigenvalue weighted by molar-refractivity contribution is -0.0309. The van der Waals surface area contributed by atoms with Crippen LogP contribution < -0.4 is 4.74 Å². The van der Waals surface area contributed by atoms with Crippen molar-refractivity contribution < 1.29 is 14.6 Å². The highest BCUT2D eigenvalue weighted by molar-refractivity contribution is 7.09. The number of para-hydroxylation sites is 1. The minimum Gasteiger partial charge on any atom is -0.496 e. The number of nitrogens with zero attached hydrogens (tertiary/aromatic N) is 3. The Morgan fingerprint density at radius 3 is 2.57 bits per heavy atom. The van der Waals surface area contributed by atoms with Crippen molar-refractivity contribution >= 4 is 11.3 Å². The predicted octanol–water partition coefficient (Wildman–Crippen LogP) is 2.47. The van der Waals surface area contributed by atoms with E-state index in [0.29, 0.717) is 12.8 Å². The van der Waals surface area contributed by atoms with E-state index >= 15 is 0 Å². The molecule has 1 aromatic heterocycles. The first-order valence-electron chi connectivity index (χ1n) is 9.98. The van der Waals surface area contributed by atoms with Crippen LogP contribution in [0.2, 0.25) is 0 Å². The Kier molecular flexibility index (Phi) is 6.28. The SMILES string of the molecule is COc1ccccc1CN1CCC(O)(c2csc(CN3CCOCC3)n2)CC1. The third kappa shape index (κ3) is 4.55. The summed E-state index contributed by atoms with van der Waals surface area (Å²) in [5.74, 6) is 0.926. The maximum absolute atomic E-state index is 11.2. The molecule has 1 N–H and O–H groups in total. The van der Waals surface area contributed by atoms with Crippen molar-refractivity contribution in [3.8, 4) is 5.75 Å². The number of morpholine rings is 1. The highest BCUT2D eigenvalue weighted by atomic mass is 32.1. The largest absolute Gasteiger partial charge is 0.496 e. The molecule has 7 heteroatoms. The zero-order chi connectivity index (χ0) is 19.4. The summed E-state index contributed by atoms with van der Waals surface area (Å²) in [6.45, 7) is 6.90. The average Bonchev–Trinajstić information content (AvgIpc) is 3.20. The van der Waals surface area contributed by atoms with Gasteiger partial charge in [0.05, 0.1) is 32.6 Å². The first-order valence-corrected chi connectivity index (χ1v) is 10.9. The van der Waals surface area contributed by atoms with Crippen LogP contribution in [0.25, 0.3) is 0 Å². The zero-order valence-electron chi connectivity index (χ0n) is 16.5. The van der Waals surface area contributed by atoms with Crippen LogP contribution in [-0.2, 0) is 23.4 Å². The maximum Gasteiger partial charge on any atom is 0.123 e. The first kappa shape index (κ1) is 19.8. The number of rotatable bonds is 6. The van der Waals surface area contributed by atoms with Gasteiger partial charge in [0.25, 0.3) is 0 Å². The van der Waals surface area contributed by atoms with Crippen molar-refractivity contribution in [1.82, 2.24) is 14.8 Å². The number of hydrogen-bond acceptors (Lipinski definition) is 7. The standard InChI is InChI=1S/C21H29N3O3S/c1-26-18-5-3-2-4-17(18)14-23-8-6-21(25,7-9-23)19-16-28-20(22-19)15-24-10-12-27-13-11-24/h2-5,16,25H,6-15H2,1H3. The minimum absolute atomic E-state index is 0.711. The molecule has 0 spiro atoms. The van der Waals surface area contributed by atoms with Gasteiger partial charge in [-0.1, -0.05) is 18.2 Å². The average molecular weight is 404 g/mol. The molecule has 28 heavy (non-hydrogen) atoms. The summed E-state index contributed by atoms with van der Waals surface area (Å²) in [4.78, 5) is 9.53. The van der Waals surface area contributed by atoms with Crippen LogP contribution in [-0.4, -0.2) is 66.4 Å². The molecular weight excluding hydrogens is 374 g/mol. The first-order chi connectivity index (χ1) is 13.7. The van der Waals surface area contributed by atoms with Crippen molar-refractivity contribution in [2.45, 2.75) is 31.5 Å². The Morgan fingerprint density at radius 1 is 1.11 bits per heavy atom. The monoisotopic (exact) mass is 403 g/mol. The molecule has 2 fully saturated rings. The van der Waals surface area contributed by atoms with Crippen molar-refractivity contribution in [3.05, 3.63) is 45.9 Å². The van der Waals surface area contributed by atoms with Gasteiger partial charge in [0.15, 0.2) is 0 Å². The van der Waals surface area contributed by atoms with Crippen molar-refractivity contribution in [2.24, 2.45) is 0 Å². The molecule has 6 nitrogen and oxygen atoms in total. The number of aromatic nitrogens is 1. The summed E-state index contributed by atoms with van der Waals surface area (Å²) in [6.07, 6.45) is 1.42. The summed E-state index contributed by atoms with van der Waals surface area (Å²) < 4.78 is 10.9. The van der Waals surface area contributed by atoms with E-state index in [-0.39, 0.29) is 0 Å². The number of benzene rings is 1. The van der Waals surface area contributed by atoms with Gasteiger partial charge in [-0.2, -0.15) is 0 Å². The molecular formula is C21H29N3O3S. The Balaban J connectivity index is 1.34. The third-order valence-electron chi connectivity index (χ3n) is 5.76. The molecule has 0 saturated carbocycles. The van der Waals surface area contributed by atoms with E-state index in [0.717, 1.165) is 68.9 Å². The highest BCUT2D eigenvalue weighted by Crippen LogP contribution is 2.34. The molecule has 2 aliphatic rings. The molecule has 152 valence electrons. The number of thiazole rings is 1. The number of ether oxygens (including phenoxy) is 2. The van der Waals surface area contributed by atoms with Gasteiger partial charge in [-0.15, -0.1) is 11.3 Å². The summed E-state index contributed by atoms with van der Waals surface area (Å²) in [6, 6.07) is 8.15. The minimum atomic E-state index is -0.808. The molecule has 1 aromatic carbocycles. The van der Waals surface area contributed by atoms with Gasteiger partial charge in [-0.05, 0) is 18.9 Å². The van der Waals surface area contributed by atoms with E-state index in [9.17, 15) is 5.11 Å². The second kappa shape index (κ2) is 8.88. The molecule has 3 heterocycles. The molecule has 0 radical (unpaired) electrons. The molecule has 0 unspecified atom stereocenters. The molecule has 0 atom stereocenters. The van der Waals surface area contributed by atoms with E-state index in [4.69, 9.17) is 14.5 Å². The van der Waals surface area contributed by atoms with Crippen molar-refractivity contribution in [3.63, 3.8) is 0 Å². The second-order valence-corrected chi connectivity index (χ2v) is 8.58. The van der Waals surface area contributed by atoms with Gasteiger partial charge < -0.3 is 14.6 Å². The molecule has 0 bridgehead atoms. The summed E-state index contributed by atoms with van der Waals surface area (Å²) >= 11 is 1.66. The lowest BCUT2D eigenvalue weighted by atomic mass is 9.88. The fourth-order valence-electron chi connectivity index (χ4n) is 3.96. The Hall–Kier alpha value is -1.51. The van der Waals surface area contributed by atoms with Gasteiger partial charge in [0.1, 0.15) is 16.4 Å². The molecule has 0 amide bonds. The lowest BCUT2D eigenvalue weighted by Crippen LogP contribution is -2.42. The van der Waals surface area contributed by atoms with Gasteiger partial charge >= 0.3 is 0 Å². The molecule has 2 aliphatic heterocycles. The number of piperidine rings is 1. The van der Waals surface area contributed by atoms with Gasteiger partial charge in [-0.25, -0.2) is 4.98 Å². The summed E-state index contributed by atoms with van der Waals surface area (Å²) in [5.41, 5.74) is 1.23. The topological polar surface area (TPSA) is 58.1 Å². The van der Waals surface area contributed by atoms with Gasteiger partial charge in [-0.3, -0.25) is 9.80 Å². The smallest absolute Gasteiger partial charge is 0.123 e. The Labute approximate surface area is 170 Å². The van der Waals surface area contributed by atoms with Crippen LogP contribution in [0.15, 0.2) is 29.6 Å². The molecule has 2 saturated heterocycles. The number of aliphatic hydroxyl groups is 1. The van der Waals surface area contributed by atoms with E-state index in [2.05, 4.69) is 15.9 Å². The number of methoxy groups -OCH3 is 1. The van der Waals surface area contributed by atoms with Crippen LogP contribution >= 0.6 is 11.3 Å². The van der Waals surface area contributed by atoms with E-state index in [1.807, 2.05) is 23.6 Å². The van der Waals surface area contributed by atoms with E-state index < -0.39 is 5.60 Å². The highest BCUT2D eigenvalue weighted by Gasteiger charge is 2.36. The van der Waals surface area contributed by atoms with Crippen molar-refractivity contribution in [2.75, 3.05) is 46.5 Å². The predicted molar refractivity (Wildman–Crippen MR) is 110 cm³/mol. The molecule has 4 rings (SSSR count). The summed E-state index contributed by atoms with van der Waals surface area (Å²) in [5, 5.41) is 14.3. The molecule has 0 aliphatic carbocycles. The second-order valence-electron chi connectivity index (χ2n) is 7.63. The fourth-order valence-corrected chi connectivity index (χ4v) is 4.89. The fraction of sp³-hybridized carbons (Fsp3) is 0.571. The Bertz CT molecular complexity index is 768. The van der Waals surface area contributed by atoms with Crippen LogP contribution in [0.3, 0.4) is 0 Å². The zero-order valence-corrected chi connectivity index (χ0v) is 17.3. The van der Waals surface area contributed by atoms with Crippen LogP contribution in [0.5, 0.6) is 5.75 Å². The van der Waals surface area contributed by atoms with Crippen LogP contribution in [0.1, 0.15) is 29.1 Å². The van der Waals surface area contributed by atoms with E-state index in [1.165, 1.54) is 5.56 Å². The number of hydrogen-bond donors (Lipinski definition) is 1. The third-order valence-corrected chi connectivity index (χ3v) is 6.59. The van der Waals surface area contributed by atoms with Gasteiger partial charge in [0.2, 0.25) is 0 Å². The molecule has 2 aromatic rings. The van der Waals surface area contributed by atoms with Gasteiger partial charge in [0, 0.05) is 43.7 Å². The van der Waals surface area contributed by atoms with Crippen LogP contribution in [0.4, 0.5) is 0 Å². The van der Waals surface area contributed by atoms with Crippen LogP contribution in [0, 0.1) is 0 Å². The van der Waals surface area contributed by atoms with E-state index in [1.54, 1.807) is 18.4 Å². The summed E-state index contributed by atoms with van der Waals surface area (Å²) in [7, 11) is 1.71. The lowest BCUT2D eigenvalue weighted by Gasteiger charge is -2.37. The Morgan fingerprint density at radius 2 is 1.82 bits per heavy atom. The normalized spacial score (nSPS) is 20.9. The van der Waals surface area contributed by atoms with Crippen molar-refractivity contribution in [1.29, 1.82) is 0 Å². The number of likely N-dealkylation sites (tertiary alicyclic amines) is 1. The maximum atomic E-state index is 11.2.